The molecule has 7 nitrogen and oxygen atoms in total. The van der Waals surface area contributed by atoms with Crippen LogP contribution in [0, 0.1) is 13.8 Å². The van der Waals surface area contributed by atoms with Gasteiger partial charge in [0.05, 0.1) is 22.9 Å². The summed E-state index contributed by atoms with van der Waals surface area (Å²) >= 11 is 0. The summed E-state index contributed by atoms with van der Waals surface area (Å²) in [6.07, 6.45) is 0. The van der Waals surface area contributed by atoms with Crippen molar-refractivity contribution in [3.63, 3.8) is 0 Å². The molecule has 0 spiro atoms. The third-order valence-corrected chi connectivity index (χ3v) is 4.92. The zero-order chi connectivity index (χ0) is 15.6. The Balaban J connectivity index is 3.22. The molecular formula is C11H18N2O5S2. The number of nitrogens with one attached hydrogen (secondary N) is 1. The zero-order valence-corrected chi connectivity index (χ0v) is 13.1. The molecule has 0 amide bonds. The van der Waals surface area contributed by atoms with E-state index in [1.54, 1.807) is 13.8 Å². The molecule has 0 aliphatic rings. The number of ether oxygens (including phenoxy) is 1. The molecule has 20 heavy (non-hydrogen) atoms. The van der Waals surface area contributed by atoms with Crippen LogP contribution in [-0.4, -0.2) is 36.3 Å². The van der Waals surface area contributed by atoms with Crippen LogP contribution in [0.1, 0.15) is 11.1 Å². The summed E-state index contributed by atoms with van der Waals surface area (Å²) in [5, 5.41) is 5.06. The highest BCUT2D eigenvalue weighted by molar-refractivity contribution is 7.92. The topological polar surface area (TPSA) is 116 Å². The van der Waals surface area contributed by atoms with Crippen LogP contribution in [-0.2, 0) is 24.8 Å². The quantitative estimate of drug-likeness (QED) is 0.783. The maximum atomic E-state index is 11.8. The van der Waals surface area contributed by atoms with Crippen molar-refractivity contribution in [2.75, 3.05) is 24.2 Å². The lowest BCUT2D eigenvalue weighted by atomic mass is 10.1. The van der Waals surface area contributed by atoms with E-state index in [-0.39, 0.29) is 22.9 Å². The molecule has 1 aromatic rings. The molecule has 9 heteroatoms. The van der Waals surface area contributed by atoms with Crippen molar-refractivity contribution in [2.45, 2.75) is 18.7 Å². The van der Waals surface area contributed by atoms with Gasteiger partial charge in [-0.15, -0.1) is 0 Å². The molecule has 0 saturated heterocycles. The van der Waals surface area contributed by atoms with Crippen molar-refractivity contribution in [1.82, 2.24) is 0 Å². The van der Waals surface area contributed by atoms with Gasteiger partial charge in [0.25, 0.3) is 0 Å². The highest BCUT2D eigenvalue weighted by Crippen LogP contribution is 2.24. The van der Waals surface area contributed by atoms with E-state index in [0.29, 0.717) is 11.1 Å². The van der Waals surface area contributed by atoms with Crippen molar-refractivity contribution >= 4 is 25.7 Å². The Morgan fingerprint density at radius 2 is 1.80 bits per heavy atom. The molecule has 0 fully saturated rings. The van der Waals surface area contributed by atoms with Crippen LogP contribution >= 0.6 is 0 Å². The number of hydrogen-bond donors (Lipinski definition) is 2. The van der Waals surface area contributed by atoms with Crippen molar-refractivity contribution in [1.29, 1.82) is 0 Å². The van der Waals surface area contributed by atoms with Gasteiger partial charge in [-0.3, -0.25) is 4.72 Å². The second kappa shape index (κ2) is 6.08. The number of aryl methyl sites for hydroxylation is 1. The van der Waals surface area contributed by atoms with Crippen LogP contribution in [0.25, 0.3) is 0 Å². The molecule has 0 atom stereocenters. The van der Waals surface area contributed by atoms with Gasteiger partial charge in [0.15, 0.2) is 0 Å². The summed E-state index contributed by atoms with van der Waals surface area (Å²) in [5.41, 5.74) is 1.46. The molecule has 0 saturated carbocycles. The first-order valence-electron chi connectivity index (χ1n) is 5.70. The van der Waals surface area contributed by atoms with E-state index in [9.17, 15) is 16.8 Å². The normalized spacial score (nSPS) is 12.4. The third-order valence-electron chi connectivity index (χ3n) is 2.79. The number of sulfonamides is 2. The number of primary sulfonamides is 1. The van der Waals surface area contributed by atoms with E-state index in [1.807, 2.05) is 0 Å². The monoisotopic (exact) mass is 322 g/mol. The highest BCUT2D eigenvalue weighted by atomic mass is 32.2. The number of anilines is 1. The van der Waals surface area contributed by atoms with E-state index in [1.165, 1.54) is 19.2 Å². The number of hydrogen-bond acceptors (Lipinski definition) is 5. The van der Waals surface area contributed by atoms with Gasteiger partial charge in [-0.1, -0.05) is 0 Å². The van der Waals surface area contributed by atoms with Crippen LogP contribution in [0.15, 0.2) is 17.0 Å². The van der Waals surface area contributed by atoms with Crippen LogP contribution in [0.4, 0.5) is 5.69 Å². The van der Waals surface area contributed by atoms with Crippen LogP contribution in [0.3, 0.4) is 0 Å². The smallest absolute Gasteiger partial charge is 0.238 e. The minimum absolute atomic E-state index is 0.0439. The number of benzene rings is 1. The summed E-state index contributed by atoms with van der Waals surface area (Å²) in [6.45, 7) is 3.41. The van der Waals surface area contributed by atoms with Gasteiger partial charge in [0.2, 0.25) is 20.0 Å². The van der Waals surface area contributed by atoms with E-state index in [4.69, 9.17) is 9.88 Å². The average molecular weight is 322 g/mol. The molecule has 0 unspecified atom stereocenters. The average Bonchev–Trinajstić information content (AvgIpc) is 2.30. The fourth-order valence-corrected chi connectivity index (χ4v) is 3.17. The first-order chi connectivity index (χ1) is 9.07. The lowest BCUT2D eigenvalue weighted by Gasteiger charge is -2.13. The number of nitrogens with two attached hydrogens (primary N) is 1. The lowest BCUT2D eigenvalue weighted by Crippen LogP contribution is -2.21. The Morgan fingerprint density at radius 3 is 2.30 bits per heavy atom. The number of rotatable bonds is 6. The van der Waals surface area contributed by atoms with Gasteiger partial charge in [-0.2, -0.15) is 0 Å². The minimum atomic E-state index is -3.90. The lowest BCUT2D eigenvalue weighted by molar-refractivity contribution is 0.217. The van der Waals surface area contributed by atoms with E-state index >= 15 is 0 Å². The predicted molar refractivity (Wildman–Crippen MR) is 76.6 cm³/mol. The molecule has 3 N–H and O–H groups in total. The van der Waals surface area contributed by atoms with E-state index in [2.05, 4.69) is 4.72 Å². The Hall–Kier alpha value is -1.16. The van der Waals surface area contributed by atoms with Crippen molar-refractivity contribution < 1.29 is 21.6 Å². The van der Waals surface area contributed by atoms with Crippen molar-refractivity contribution in [3.05, 3.63) is 23.3 Å². The maximum Gasteiger partial charge on any atom is 0.238 e. The molecule has 1 aromatic carbocycles. The summed E-state index contributed by atoms with van der Waals surface area (Å²) < 4.78 is 53.4. The third kappa shape index (κ3) is 4.44. The van der Waals surface area contributed by atoms with Crippen molar-refractivity contribution in [2.24, 2.45) is 5.14 Å². The molecule has 0 heterocycles. The first-order valence-corrected chi connectivity index (χ1v) is 8.90. The molecule has 0 aliphatic carbocycles. The zero-order valence-electron chi connectivity index (χ0n) is 11.5. The molecule has 1 rings (SSSR count). The van der Waals surface area contributed by atoms with Crippen LogP contribution < -0.4 is 9.86 Å². The maximum absolute atomic E-state index is 11.8. The van der Waals surface area contributed by atoms with Gasteiger partial charge in [0, 0.05) is 7.11 Å². The highest BCUT2D eigenvalue weighted by Gasteiger charge is 2.16. The second-order valence-electron chi connectivity index (χ2n) is 4.37. The Morgan fingerprint density at radius 1 is 1.20 bits per heavy atom. The first kappa shape index (κ1) is 16.9. The molecule has 0 bridgehead atoms. The predicted octanol–water partition coefficient (Wildman–Crippen LogP) is 0.339. The summed E-state index contributed by atoms with van der Waals surface area (Å²) in [4.78, 5) is -0.134. The molecule has 0 aliphatic heterocycles. The summed E-state index contributed by atoms with van der Waals surface area (Å²) in [6, 6.07) is 2.61. The fourth-order valence-electron chi connectivity index (χ4n) is 1.51. The minimum Gasteiger partial charge on any atom is -0.384 e. The van der Waals surface area contributed by atoms with Gasteiger partial charge in [-0.25, -0.2) is 22.0 Å². The van der Waals surface area contributed by atoms with Gasteiger partial charge in [0.1, 0.15) is 0 Å². The standard InChI is InChI=1S/C11H18N2O5S2/c1-8-6-10(20(12,16)17)7-11(9(8)2)13-19(14,15)5-4-18-3/h6-7,13H,4-5H2,1-3H3,(H2,12,16,17). The second-order valence-corrected chi connectivity index (χ2v) is 7.77. The molecular weight excluding hydrogens is 304 g/mol. The van der Waals surface area contributed by atoms with Crippen LogP contribution in [0.2, 0.25) is 0 Å². The largest absolute Gasteiger partial charge is 0.384 e. The molecule has 0 radical (unpaired) electrons. The molecule has 114 valence electrons. The van der Waals surface area contributed by atoms with Crippen molar-refractivity contribution in [3.8, 4) is 0 Å². The van der Waals surface area contributed by atoms with E-state index in [0.717, 1.165) is 0 Å². The molecule has 0 aromatic heterocycles. The van der Waals surface area contributed by atoms with Gasteiger partial charge < -0.3 is 4.74 Å². The Kier molecular flexibility index (Phi) is 5.14. The van der Waals surface area contributed by atoms with Crippen LogP contribution in [0.5, 0.6) is 0 Å². The Labute approximate surface area is 119 Å². The van der Waals surface area contributed by atoms with E-state index < -0.39 is 20.0 Å². The summed E-state index contributed by atoms with van der Waals surface area (Å²) in [5.74, 6) is -0.221. The fraction of sp³-hybridized carbons (Fsp3) is 0.455. The summed E-state index contributed by atoms with van der Waals surface area (Å²) in [7, 11) is -6.11. The number of methoxy groups -OCH3 is 1. The van der Waals surface area contributed by atoms with Gasteiger partial charge in [-0.05, 0) is 37.1 Å². The SMILES string of the molecule is COCCS(=O)(=O)Nc1cc(S(N)(=O)=O)cc(C)c1C. The Bertz CT molecular complexity index is 696. The van der Waals surface area contributed by atoms with Gasteiger partial charge >= 0.3 is 0 Å².